The summed E-state index contributed by atoms with van der Waals surface area (Å²) >= 11 is 0. The zero-order chi connectivity index (χ0) is 21.6. The number of anilines is 3. The molecule has 2 aliphatic carbocycles. The van der Waals surface area contributed by atoms with E-state index in [0.717, 1.165) is 44.2 Å². The Balaban J connectivity index is 1.41. The van der Waals surface area contributed by atoms with Gasteiger partial charge in [-0.05, 0) is 57.4 Å². The number of aromatic nitrogens is 5. The monoisotopic (exact) mass is 423 g/mol. The molecule has 5 rings (SSSR count). The summed E-state index contributed by atoms with van der Waals surface area (Å²) in [6.45, 7) is 2.41. The lowest BCUT2D eigenvalue weighted by atomic mass is 9.87. The molecular weight excluding hydrogens is 394 g/mol. The average molecular weight is 424 g/mol. The second kappa shape index (κ2) is 7.64. The Morgan fingerprint density at radius 2 is 2.00 bits per heavy atom. The molecule has 0 aliphatic heterocycles. The molecule has 0 aromatic carbocycles. The van der Waals surface area contributed by atoms with Crippen LogP contribution in [0, 0.1) is 5.92 Å². The van der Waals surface area contributed by atoms with Gasteiger partial charge in [-0.3, -0.25) is 9.48 Å². The minimum absolute atomic E-state index is 0.0162. The van der Waals surface area contributed by atoms with Gasteiger partial charge in [-0.25, -0.2) is 4.98 Å². The highest BCUT2D eigenvalue weighted by Gasteiger charge is 2.38. The van der Waals surface area contributed by atoms with Gasteiger partial charge in [-0.1, -0.05) is 0 Å². The molecule has 2 saturated carbocycles. The number of nitrogens with zero attached hydrogens (tertiary/aromatic N) is 5. The maximum Gasteiger partial charge on any atom is 0.263 e. The van der Waals surface area contributed by atoms with Gasteiger partial charge in [0, 0.05) is 31.6 Å². The van der Waals surface area contributed by atoms with Gasteiger partial charge in [-0.2, -0.15) is 10.1 Å². The third-order valence-corrected chi connectivity index (χ3v) is 6.65. The first-order chi connectivity index (χ1) is 14.9. The summed E-state index contributed by atoms with van der Waals surface area (Å²) in [5.74, 6) is 1.43. The lowest BCUT2D eigenvalue weighted by Gasteiger charge is -2.27. The Morgan fingerprint density at radius 1 is 1.23 bits per heavy atom. The van der Waals surface area contributed by atoms with Crippen LogP contribution in [-0.2, 0) is 7.05 Å². The van der Waals surface area contributed by atoms with Crippen LogP contribution >= 0.6 is 0 Å². The van der Waals surface area contributed by atoms with Gasteiger partial charge in [-0.15, -0.1) is 0 Å². The molecule has 164 valence electrons. The van der Waals surface area contributed by atoms with Gasteiger partial charge in [0.25, 0.3) is 5.56 Å². The minimum Gasteiger partial charge on any atom is -0.396 e. The fourth-order valence-corrected chi connectivity index (χ4v) is 4.30. The molecule has 0 spiro atoms. The molecule has 3 N–H and O–H groups in total. The molecule has 2 aliphatic rings. The molecule has 0 saturated heterocycles. The average Bonchev–Trinajstić information content (AvgIpc) is 3.30. The van der Waals surface area contributed by atoms with Crippen LogP contribution in [0.4, 0.5) is 17.5 Å². The highest BCUT2D eigenvalue weighted by Crippen LogP contribution is 2.39. The summed E-state index contributed by atoms with van der Waals surface area (Å²) in [4.78, 5) is 22.0. The van der Waals surface area contributed by atoms with Crippen molar-refractivity contribution in [2.75, 3.05) is 17.2 Å². The number of fused-ring (bicyclic) bond motifs is 1. The van der Waals surface area contributed by atoms with Crippen molar-refractivity contribution < 1.29 is 5.11 Å². The normalized spacial score (nSPS) is 22.4. The molecule has 0 bridgehead atoms. The summed E-state index contributed by atoms with van der Waals surface area (Å²) in [5.41, 5.74) is 1.30. The quantitative estimate of drug-likeness (QED) is 0.559. The summed E-state index contributed by atoms with van der Waals surface area (Å²) in [5, 5.41) is 21.1. The number of rotatable bonds is 6. The lowest BCUT2D eigenvalue weighted by molar-refractivity contribution is 0.165. The van der Waals surface area contributed by atoms with E-state index in [1.807, 2.05) is 16.9 Å². The van der Waals surface area contributed by atoms with Gasteiger partial charge in [0.1, 0.15) is 11.2 Å². The number of nitrogens with one attached hydrogen (secondary N) is 2. The van der Waals surface area contributed by atoms with Crippen LogP contribution in [0.1, 0.15) is 51.5 Å². The summed E-state index contributed by atoms with van der Waals surface area (Å²) in [6, 6.07) is 2.19. The third-order valence-electron chi connectivity index (χ3n) is 6.65. The standard InChI is InChI=1S/C22H29N7O2/c1-22(8-9-22)27-19-18-17(7-10-28(2)20(18)31)25-21(26-19)24-15-11-23-29(12-15)16-5-3-14(13-30)4-6-16/h7,10-12,14,16,30H,3-6,8-9,13H2,1-2H3,(H2,24,25,26,27). The van der Waals surface area contributed by atoms with Crippen molar-refractivity contribution in [2.24, 2.45) is 13.0 Å². The SMILES string of the molecule is Cn1ccc2nc(Nc3cnn(C4CCC(CO)CC4)c3)nc(NC3(C)CC3)c2c1=O. The fourth-order valence-electron chi connectivity index (χ4n) is 4.30. The Hall–Kier alpha value is -2.94. The first kappa shape index (κ1) is 20.0. The Morgan fingerprint density at radius 3 is 2.71 bits per heavy atom. The van der Waals surface area contributed by atoms with Crippen molar-refractivity contribution in [3.05, 3.63) is 35.0 Å². The fraction of sp³-hybridized carbons (Fsp3) is 0.545. The molecule has 0 amide bonds. The molecule has 3 aromatic rings. The van der Waals surface area contributed by atoms with Crippen molar-refractivity contribution in [2.45, 2.75) is 57.0 Å². The Labute approximate surface area is 180 Å². The van der Waals surface area contributed by atoms with Crippen molar-refractivity contribution >= 4 is 28.4 Å². The number of pyridine rings is 1. The summed E-state index contributed by atoms with van der Waals surface area (Å²) in [6.07, 6.45) is 11.7. The van der Waals surface area contributed by atoms with Crippen molar-refractivity contribution in [1.29, 1.82) is 0 Å². The van der Waals surface area contributed by atoms with E-state index in [0.29, 0.717) is 34.6 Å². The molecule has 31 heavy (non-hydrogen) atoms. The van der Waals surface area contributed by atoms with Crippen molar-refractivity contribution in [1.82, 2.24) is 24.3 Å². The molecule has 0 atom stereocenters. The third kappa shape index (κ3) is 4.01. The molecule has 9 heteroatoms. The maximum absolute atomic E-state index is 12.7. The molecular formula is C22H29N7O2. The van der Waals surface area contributed by atoms with E-state index < -0.39 is 0 Å². The van der Waals surface area contributed by atoms with Crippen LogP contribution in [0.25, 0.3) is 10.9 Å². The van der Waals surface area contributed by atoms with Crippen molar-refractivity contribution in [3.8, 4) is 0 Å². The number of aliphatic hydroxyl groups is 1. The second-order valence-corrected chi connectivity index (χ2v) is 9.26. The largest absolute Gasteiger partial charge is 0.396 e. The molecule has 2 fully saturated rings. The van der Waals surface area contributed by atoms with Crippen molar-refractivity contribution in [3.63, 3.8) is 0 Å². The Kier molecular flexibility index (Phi) is 4.92. The molecule has 3 aromatic heterocycles. The minimum atomic E-state index is -0.109. The highest BCUT2D eigenvalue weighted by molar-refractivity contribution is 5.89. The van der Waals surface area contributed by atoms with E-state index in [4.69, 9.17) is 0 Å². The molecule has 0 unspecified atom stereocenters. The zero-order valence-corrected chi connectivity index (χ0v) is 18.0. The first-order valence-corrected chi connectivity index (χ1v) is 11.0. The van der Waals surface area contributed by atoms with E-state index in [1.54, 1.807) is 24.0 Å². The highest BCUT2D eigenvalue weighted by atomic mass is 16.3. The lowest BCUT2D eigenvalue weighted by Crippen LogP contribution is -2.23. The Bertz CT molecular complexity index is 1160. The predicted molar refractivity (Wildman–Crippen MR) is 120 cm³/mol. The topological polar surface area (TPSA) is 110 Å². The van der Waals surface area contributed by atoms with Crippen LogP contribution < -0.4 is 16.2 Å². The predicted octanol–water partition coefficient (Wildman–Crippen LogP) is 2.96. The van der Waals surface area contributed by atoms with Gasteiger partial charge in [0.2, 0.25) is 5.95 Å². The van der Waals surface area contributed by atoms with E-state index in [-0.39, 0.29) is 17.7 Å². The van der Waals surface area contributed by atoms with Crippen LogP contribution in [0.5, 0.6) is 0 Å². The first-order valence-electron chi connectivity index (χ1n) is 11.0. The van der Waals surface area contributed by atoms with E-state index >= 15 is 0 Å². The molecule has 0 radical (unpaired) electrons. The maximum atomic E-state index is 12.7. The zero-order valence-electron chi connectivity index (χ0n) is 18.0. The number of hydrogen-bond acceptors (Lipinski definition) is 7. The summed E-state index contributed by atoms with van der Waals surface area (Å²) < 4.78 is 3.55. The van der Waals surface area contributed by atoms with Gasteiger partial charge < -0.3 is 20.3 Å². The number of aryl methyl sites for hydroxylation is 1. The van der Waals surface area contributed by atoms with Gasteiger partial charge >= 0.3 is 0 Å². The van der Waals surface area contributed by atoms with E-state index in [2.05, 4.69) is 32.6 Å². The van der Waals surface area contributed by atoms with E-state index in [9.17, 15) is 9.90 Å². The van der Waals surface area contributed by atoms with Crippen LogP contribution in [0.3, 0.4) is 0 Å². The summed E-state index contributed by atoms with van der Waals surface area (Å²) in [7, 11) is 1.74. The second-order valence-electron chi connectivity index (χ2n) is 9.26. The van der Waals surface area contributed by atoms with Crippen LogP contribution in [0.15, 0.2) is 29.5 Å². The smallest absolute Gasteiger partial charge is 0.263 e. The van der Waals surface area contributed by atoms with Gasteiger partial charge in [0.05, 0.1) is 23.4 Å². The van der Waals surface area contributed by atoms with Crippen LogP contribution in [-0.4, -0.2) is 41.6 Å². The van der Waals surface area contributed by atoms with E-state index in [1.165, 1.54) is 0 Å². The number of hydrogen-bond donors (Lipinski definition) is 3. The molecule has 3 heterocycles. The molecule has 9 nitrogen and oxygen atoms in total. The van der Waals surface area contributed by atoms with Crippen LogP contribution in [0.2, 0.25) is 0 Å². The van der Waals surface area contributed by atoms with Gasteiger partial charge in [0.15, 0.2) is 0 Å². The number of aliphatic hydroxyl groups excluding tert-OH is 1.